The zero-order valence-electron chi connectivity index (χ0n) is 13.9. The van der Waals surface area contributed by atoms with Crippen molar-refractivity contribution >= 4 is 23.1 Å². The SMILES string of the molecule is O=C(O)Oc1cccc2c(=O)n(C(=O)NCc3ccccc3C(F)(F)F)[nH]c12. The molecule has 11 heteroatoms. The summed E-state index contributed by atoms with van der Waals surface area (Å²) < 4.78 is 44.1. The average Bonchev–Trinajstić information content (AvgIpc) is 2.97. The number of alkyl halides is 3. The van der Waals surface area contributed by atoms with Gasteiger partial charge in [0.25, 0.3) is 5.56 Å². The first-order chi connectivity index (χ1) is 13.2. The highest BCUT2D eigenvalue weighted by Gasteiger charge is 2.32. The first kappa shape index (κ1) is 19.0. The highest BCUT2D eigenvalue weighted by Crippen LogP contribution is 2.31. The lowest BCUT2D eigenvalue weighted by atomic mass is 10.1. The zero-order valence-corrected chi connectivity index (χ0v) is 13.9. The Balaban J connectivity index is 1.88. The van der Waals surface area contributed by atoms with Gasteiger partial charge in [-0.15, -0.1) is 0 Å². The van der Waals surface area contributed by atoms with E-state index in [4.69, 9.17) is 5.11 Å². The van der Waals surface area contributed by atoms with Crippen LogP contribution in [0.1, 0.15) is 11.1 Å². The van der Waals surface area contributed by atoms with Gasteiger partial charge in [0.15, 0.2) is 5.75 Å². The van der Waals surface area contributed by atoms with Crippen LogP contribution >= 0.6 is 0 Å². The molecule has 0 unspecified atom stereocenters. The fraction of sp³-hybridized carbons (Fsp3) is 0.118. The molecule has 8 nitrogen and oxygen atoms in total. The number of aromatic amines is 1. The van der Waals surface area contributed by atoms with E-state index in [1.165, 1.54) is 36.4 Å². The number of ether oxygens (including phenoxy) is 1. The van der Waals surface area contributed by atoms with Crippen molar-refractivity contribution in [1.82, 2.24) is 15.1 Å². The van der Waals surface area contributed by atoms with Gasteiger partial charge < -0.3 is 15.2 Å². The van der Waals surface area contributed by atoms with Gasteiger partial charge in [-0.05, 0) is 23.8 Å². The van der Waals surface area contributed by atoms with Gasteiger partial charge in [0.05, 0.1) is 10.9 Å². The van der Waals surface area contributed by atoms with E-state index < -0.39 is 36.0 Å². The number of carbonyl (C=O) groups is 2. The number of amides is 1. The average molecular weight is 395 g/mol. The normalized spacial score (nSPS) is 11.4. The highest BCUT2D eigenvalue weighted by atomic mass is 19.4. The molecular formula is C17H12F3N3O5. The van der Waals surface area contributed by atoms with Crippen molar-refractivity contribution < 1.29 is 32.6 Å². The maximum absolute atomic E-state index is 13.0. The summed E-state index contributed by atoms with van der Waals surface area (Å²) in [5, 5.41) is 13.3. The van der Waals surface area contributed by atoms with Gasteiger partial charge in [-0.3, -0.25) is 9.89 Å². The van der Waals surface area contributed by atoms with Crippen molar-refractivity contribution in [3.8, 4) is 5.75 Å². The number of benzene rings is 2. The number of hydrogen-bond acceptors (Lipinski definition) is 4. The number of hydrogen-bond donors (Lipinski definition) is 3. The Morgan fingerprint density at radius 1 is 1.14 bits per heavy atom. The van der Waals surface area contributed by atoms with Gasteiger partial charge in [-0.25, -0.2) is 9.59 Å². The second kappa shape index (κ2) is 7.10. The van der Waals surface area contributed by atoms with E-state index in [1.54, 1.807) is 0 Å². The second-order valence-corrected chi connectivity index (χ2v) is 5.61. The van der Waals surface area contributed by atoms with Gasteiger partial charge >= 0.3 is 18.4 Å². The van der Waals surface area contributed by atoms with Crippen LogP contribution in [0.4, 0.5) is 22.8 Å². The fourth-order valence-corrected chi connectivity index (χ4v) is 2.63. The number of rotatable bonds is 3. The molecule has 146 valence electrons. The van der Waals surface area contributed by atoms with Gasteiger partial charge in [0, 0.05) is 6.54 Å². The predicted octanol–water partition coefficient (Wildman–Crippen LogP) is 3.16. The van der Waals surface area contributed by atoms with Crippen LogP contribution in [-0.4, -0.2) is 27.1 Å². The second-order valence-electron chi connectivity index (χ2n) is 5.61. The van der Waals surface area contributed by atoms with Gasteiger partial charge in [0.1, 0.15) is 5.52 Å². The Morgan fingerprint density at radius 2 is 1.86 bits per heavy atom. The van der Waals surface area contributed by atoms with Crippen molar-refractivity contribution in [3.63, 3.8) is 0 Å². The first-order valence-corrected chi connectivity index (χ1v) is 7.76. The summed E-state index contributed by atoms with van der Waals surface area (Å²) in [5.41, 5.74) is -1.94. The molecule has 0 fully saturated rings. The molecule has 1 heterocycles. The number of nitrogens with one attached hydrogen (secondary N) is 2. The minimum Gasteiger partial charge on any atom is -0.449 e. The van der Waals surface area contributed by atoms with E-state index in [9.17, 15) is 27.6 Å². The lowest BCUT2D eigenvalue weighted by Gasteiger charge is -2.13. The Kier molecular flexibility index (Phi) is 4.82. The standard InChI is InChI=1S/C17H12F3N3O5/c18-17(19,20)11-6-2-1-4-9(11)8-21-15(25)23-14(24)10-5-3-7-12(13(10)22-23)28-16(26)27/h1-7,22H,8H2,(H,21,25)(H,26,27). The first-order valence-electron chi connectivity index (χ1n) is 7.76. The molecular weight excluding hydrogens is 383 g/mol. The van der Waals surface area contributed by atoms with Crippen LogP contribution in [0.3, 0.4) is 0 Å². The number of para-hydroxylation sites is 1. The molecule has 1 aromatic heterocycles. The van der Waals surface area contributed by atoms with Crippen LogP contribution in [0.2, 0.25) is 0 Å². The van der Waals surface area contributed by atoms with E-state index in [1.807, 2.05) is 0 Å². The quantitative estimate of drug-likeness (QED) is 0.466. The summed E-state index contributed by atoms with van der Waals surface area (Å²) in [4.78, 5) is 35.3. The lowest BCUT2D eigenvalue weighted by molar-refractivity contribution is -0.138. The van der Waals surface area contributed by atoms with Crippen LogP contribution < -0.4 is 15.6 Å². The molecule has 0 bridgehead atoms. The monoisotopic (exact) mass is 395 g/mol. The number of H-pyrrole nitrogens is 1. The number of carbonyl (C=O) groups excluding carboxylic acids is 1. The largest absolute Gasteiger partial charge is 0.511 e. The van der Waals surface area contributed by atoms with Crippen LogP contribution in [0.15, 0.2) is 47.3 Å². The van der Waals surface area contributed by atoms with E-state index >= 15 is 0 Å². The molecule has 0 radical (unpaired) electrons. The van der Waals surface area contributed by atoms with Crippen LogP contribution in [0.5, 0.6) is 5.75 Å². The highest BCUT2D eigenvalue weighted by molar-refractivity contribution is 5.89. The predicted molar refractivity (Wildman–Crippen MR) is 90.3 cm³/mol. The summed E-state index contributed by atoms with van der Waals surface area (Å²) in [7, 11) is 0. The van der Waals surface area contributed by atoms with Crippen molar-refractivity contribution in [2.75, 3.05) is 0 Å². The number of carboxylic acid groups (broad SMARTS) is 1. The molecule has 1 amide bonds. The smallest absolute Gasteiger partial charge is 0.449 e. The topological polar surface area (TPSA) is 113 Å². The van der Waals surface area contributed by atoms with Crippen molar-refractivity contribution in [1.29, 1.82) is 0 Å². The maximum atomic E-state index is 13.0. The van der Waals surface area contributed by atoms with Crippen molar-refractivity contribution in [2.45, 2.75) is 12.7 Å². The van der Waals surface area contributed by atoms with Crippen molar-refractivity contribution in [2.24, 2.45) is 0 Å². The Bertz CT molecular complexity index is 1120. The zero-order chi connectivity index (χ0) is 20.5. The molecule has 28 heavy (non-hydrogen) atoms. The van der Waals surface area contributed by atoms with Crippen LogP contribution in [0.25, 0.3) is 10.9 Å². The molecule has 3 aromatic rings. The van der Waals surface area contributed by atoms with E-state index in [0.717, 1.165) is 6.07 Å². The molecule has 2 aromatic carbocycles. The lowest BCUT2D eigenvalue weighted by Crippen LogP contribution is -2.35. The van der Waals surface area contributed by atoms with E-state index in [2.05, 4.69) is 15.2 Å². The molecule has 0 aliphatic carbocycles. The van der Waals surface area contributed by atoms with Crippen LogP contribution in [-0.2, 0) is 12.7 Å². The van der Waals surface area contributed by atoms with Gasteiger partial charge in [-0.1, -0.05) is 24.3 Å². The third-order valence-electron chi connectivity index (χ3n) is 3.84. The fourth-order valence-electron chi connectivity index (χ4n) is 2.63. The molecule has 0 aliphatic rings. The molecule has 0 atom stereocenters. The summed E-state index contributed by atoms with van der Waals surface area (Å²) in [6, 6.07) is 7.65. The van der Waals surface area contributed by atoms with E-state index in [0.29, 0.717) is 4.68 Å². The minimum absolute atomic E-state index is 0.0235. The Morgan fingerprint density at radius 3 is 2.54 bits per heavy atom. The summed E-state index contributed by atoms with van der Waals surface area (Å²) in [5.74, 6) is -0.198. The Labute approximate surface area is 154 Å². The van der Waals surface area contributed by atoms with Gasteiger partial charge in [0.2, 0.25) is 0 Å². The minimum atomic E-state index is -4.59. The molecule has 0 saturated heterocycles. The maximum Gasteiger partial charge on any atom is 0.511 e. The molecule has 3 N–H and O–H groups in total. The molecule has 0 saturated carbocycles. The van der Waals surface area contributed by atoms with Crippen molar-refractivity contribution in [3.05, 3.63) is 63.9 Å². The Hall–Kier alpha value is -3.76. The van der Waals surface area contributed by atoms with Gasteiger partial charge in [-0.2, -0.15) is 17.9 Å². The molecule has 0 spiro atoms. The van der Waals surface area contributed by atoms with E-state index in [-0.39, 0.29) is 22.2 Å². The number of nitrogens with zero attached hydrogens (tertiary/aromatic N) is 1. The molecule has 0 aliphatic heterocycles. The number of halogens is 3. The van der Waals surface area contributed by atoms with Crippen LogP contribution in [0, 0.1) is 0 Å². The summed E-state index contributed by atoms with van der Waals surface area (Å²) in [6.45, 7) is -0.477. The molecule has 3 rings (SSSR count). The third kappa shape index (κ3) is 3.68. The summed E-state index contributed by atoms with van der Waals surface area (Å²) >= 11 is 0. The number of aromatic nitrogens is 2. The third-order valence-corrected chi connectivity index (χ3v) is 3.84. The number of fused-ring (bicyclic) bond motifs is 1. The summed E-state index contributed by atoms with van der Waals surface area (Å²) in [6.07, 6.45) is -6.21.